The molecule has 0 saturated carbocycles. The van der Waals surface area contributed by atoms with Crippen LogP contribution in [0, 0.1) is 23.7 Å². The maximum Gasteiger partial charge on any atom is 0.329 e. The van der Waals surface area contributed by atoms with Gasteiger partial charge in [-0.05, 0) is 98.7 Å². The van der Waals surface area contributed by atoms with Gasteiger partial charge in [-0.15, -0.1) is 4.36 Å². The molecule has 0 aromatic heterocycles. The van der Waals surface area contributed by atoms with Crippen molar-refractivity contribution in [3.05, 3.63) is 70.3 Å². The van der Waals surface area contributed by atoms with E-state index in [1.165, 1.54) is 16.0 Å². The largest absolute Gasteiger partial charge is 0.490 e. The van der Waals surface area contributed by atoms with E-state index in [1.807, 2.05) is 25.1 Å². The van der Waals surface area contributed by atoms with Gasteiger partial charge in [-0.25, -0.2) is 9.00 Å². The van der Waals surface area contributed by atoms with E-state index in [0.717, 1.165) is 30.0 Å². The second-order valence-electron chi connectivity index (χ2n) is 16.0. The molecule has 10 nitrogen and oxygen atoms in total. The standard InChI is InChI=1S/C39H53ClN4O6S/c1-25-9-7-11-34(49-6)27(3)26(2)19-44-23-39(16-8-10-28-17-31(40)13-14-32(28)39)24-50-35-15-12-29(18-33(35)44)36(45)41-51(48,22-25)42-37(46)43-20-30(21-43)38(4,5)47/h7,11-15,17-18,25-27,30,34,47H,8-10,16,19-24H2,1-6H3,(H,41,42,45,46,48)/b11-7+/t25-,26-,27+,34-,39-,51-/m0/s1. The minimum absolute atomic E-state index is 0.00664. The number of carbonyl (C=O) groups is 2. The molecule has 2 N–H and O–H groups in total. The average molecular weight is 741 g/mol. The second-order valence-corrected chi connectivity index (χ2v) is 18.4. The van der Waals surface area contributed by atoms with Crippen molar-refractivity contribution < 1.29 is 28.4 Å². The molecule has 278 valence electrons. The van der Waals surface area contributed by atoms with Crippen molar-refractivity contribution in [1.82, 2.24) is 9.62 Å². The number of nitrogens with zero attached hydrogens (tertiary/aromatic N) is 3. The number of halogens is 1. The molecule has 12 heteroatoms. The quantitative estimate of drug-likeness (QED) is 0.339. The summed E-state index contributed by atoms with van der Waals surface area (Å²) in [6, 6.07) is 10.9. The summed E-state index contributed by atoms with van der Waals surface area (Å²) in [5.74, 6) is 0.115. The monoisotopic (exact) mass is 740 g/mol. The Kier molecular flexibility index (Phi) is 10.9. The number of allylic oxidation sites excluding steroid dienone is 1. The fraction of sp³-hybridized carbons (Fsp3) is 0.590. The lowest BCUT2D eigenvalue weighted by molar-refractivity contribution is -0.0450. The van der Waals surface area contributed by atoms with Gasteiger partial charge in [0.15, 0.2) is 0 Å². The summed E-state index contributed by atoms with van der Waals surface area (Å²) in [6.07, 6.45) is 7.46. The molecule has 2 aromatic carbocycles. The molecule has 2 bridgehead atoms. The fourth-order valence-corrected chi connectivity index (χ4v) is 10.1. The normalized spacial score (nSPS) is 31.1. The number of methoxy groups -OCH3 is 1. The Hall–Kier alpha value is -3.12. The molecule has 1 saturated heterocycles. The Labute approximate surface area is 308 Å². The van der Waals surface area contributed by atoms with Crippen LogP contribution < -0.4 is 14.4 Å². The van der Waals surface area contributed by atoms with Gasteiger partial charge in [-0.3, -0.25) is 9.52 Å². The number of ether oxygens (including phenoxy) is 2. The lowest BCUT2D eigenvalue weighted by atomic mass is 9.70. The average Bonchev–Trinajstić information content (AvgIpc) is 3.17. The van der Waals surface area contributed by atoms with Gasteiger partial charge in [0.05, 0.1) is 29.8 Å². The number of urea groups is 1. The van der Waals surface area contributed by atoms with Crippen LogP contribution in [-0.2, 0) is 26.5 Å². The Bertz CT molecular complexity index is 1800. The molecule has 3 heterocycles. The predicted octanol–water partition coefficient (Wildman–Crippen LogP) is 6.63. The number of amides is 3. The molecule has 6 rings (SSSR count). The van der Waals surface area contributed by atoms with E-state index in [9.17, 15) is 18.9 Å². The number of anilines is 1. The molecule has 0 radical (unpaired) electrons. The molecular formula is C39H53ClN4O6S. The van der Waals surface area contributed by atoms with E-state index in [1.54, 1.807) is 33.1 Å². The van der Waals surface area contributed by atoms with E-state index in [4.69, 9.17) is 21.1 Å². The predicted molar refractivity (Wildman–Crippen MR) is 202 cm³/mol. The maximum atomic E-state index is 14.5. The van der Waals surface area contributed by atoms with Gasteiger partial charge in [0, 0.05) is 55.2 Å². The highest BCUT2D eigenvalue weighted by atomic mass is 35.5. The van der Waals surface area contributed by atoms with Crippen LogP contribution in [0.4, 0.5) is 10.5 Å². The van der Waals surface area contributed by atoms with Gasteiger partial charge in [0.25, 0.3) is 5.91 Å². The third-order valence-electron chi connectivity index (χ3n) is 11.5. The molecular weight excluding hydrogens is 688 g/mol. The molecule has 1 spiro atoms. The van der Waals surface area contributed by atoms with Gasteiger partial charge in [-0.2, -0.15) is 0 Å². The summed E-state index contributed by atoms with van der Waals surface area (Å²) >= 11 is 6.45. The lowest BCUT2D eigenvalue weighted by Gasteiger charge is -2.45. The van der Waals surface area contributed by atoms with Crippen molar-refractivity contribution in [3.8, 4) is 5.75 Å². The highest BCUT2D eigenvalue weighted by Crippen LogP contribution is 2.45. The Balaban J connectivity index is 1.39. The third-order valence-corrected chi connectivity index (χ3v) is 13.7. The Morgan fingerprint density at radius 1 is 1.16 bits per heavy atom. The van der Waals surface area contributed by atoms with Crippen LogP contribution in [0.2, 0.25) is 5.02 Å². The molecule has 1 aliphatic carbocycles. The molecule has 4 aliphatic rings. The lowest BCUT2D eigenvalue weighted by Crippen LogP contribution is -2.60. The number of nitrogens with one attached hydrogen (secondary N) is 1. The SMILES string of the molecule is CO[C@H]1/C=C/C[C@H](C)C[S@@](=O)(NC(=O)N2CC(C(C)(C)O)C2)=NC(=O)c2ccc3c(c2)N(C[C@H](C)[C@H]1C)C[C@@]1(CCCc2cc(Cl)ccc21)CO3. The Morgan fingerprint density at radius 2 is 1.92 bits per heavy atom. The highest BCUT2D eigenvalue weighted by molar-refractivity contribution is 7.92. The zero-order chi connectivity index (χ0) is 36.7. The third kappa shape index (κ3) is 8.11. The van der Waals surface area contributed by atoms with Crippen LogP contribution in [0.25, 0.3) is 0 Å². The van der Waals surface area contributed by atoms with Gasteiger partial charge >= 0.3 is 6.03 Å². The fourth-order valence-electron chi connectivity index (χ4n) is 8.03. The topological polar surface area (TPSA) is 121 Å². The van der Waals surface area contributed by atoms with Gasteiger partial charge in [0.1, 0.15) is 15.7 Å². The number of aliphatic hydroxyl groups is 1. The first-order valence-electron chi connectivity index (χ1n) is 18.2. The minimum Gasteiger partial charge on any atom is -0.490 e. The molecule has 51 heavy (non-hydrogen) atoms. The minimum atomic E-state index is -3.53. The molecule has 3 amide bonds. The number of aryl methyl sites for hydroxylation is 1. The number of carbonyl (C=O) groups excluding carboxylic acids is 2. The number of fused-ring (bicyclic) bond motifs is 3. The number of rotatable bonds is 3. The first-order valence-corrected chi connectivity index (χ1v) is 20.2. The molecule has 0 unspecified atom stereocenters. The highest BCUT2D eigenvalue weighted by Gasteiger charge is 2.43. The van der Waals surface area contributed by atoms with Crippen molar-refractivity contribution in [1.29, 1.82) is 0 Å². The molecule has 1 fully saturated rings. The molecule has 2 aromatic rings. The van der Waals surface area contributed by atoms with Gasteiger partial charge in [-0.1, -0.05) is 50.6 Å². The maximum absolute atomic E-state index is 14.5. The molecule has 6 atom stereocenters. The van der Waals surface area contributed by atoms with Crippen LogP contribution in [0.3, 0.4) is 0 Å². The summed E-state index contributed by atoms with van der Waals surface area (Å²) in [4.78, 5) is 31.1. The van der Waals surface area contributed by atoms with Crippen LogP contribution >= 0.6 is 11.6 Å². The van der Waals surface area contributed by atoms with Gasteiger partial charge in [0.2, 0.25) is 0 Å². The van der Waals surface area contributed by atoms with Crippen LogP contribution in [0.1, 0.15) is 75.4 Å². The van der Waals surface area contributed by atoms with E-state index < -0.39 is 27.5 Å². The summed E-state index contributed by atoms with van der Waals surface area (Å²) < 4.78 is 34.0. The summed E-state index contributed by atoms with van der Waals surface area (Å²) in [6.45, 7) is 12.3. The summed E-state index contributed by atoms with van der Waals surface area (Å²) in [7, 11) is -1.80. The van der Waals surface area contributed by atoms with Crippen molar-refractivity contribution >= 4 is 39.1 Å². The van der Waals surface area contributed by atoms with E-state index in [-0.39, 0.29) is 46.5 Å². The summed E-state index contributed by atoms with van der Waals surface area (Å²) in [5.41, 5.74) is 2.34. The Morgan fingerprint density at radius 3 is 2.65 bits per heavy atom. The van der Waals surface area contributed by atoms with Crippen molar-refractivity contribution in [2.75, 3.05) is 50.5 Å². The smallest absolute Gasteiger partial charge is 0.329 e. The van der Waals surface area contributed by atoms with Crippen molar-refractivity contribution in [3.63, 3.8) is 0 Å². The van der Waals surface area contributed by atoms with Gasteiger partial charge < -0.3 is 24.4 Å². The summed E-state index contributed by atoms with van der Waals surface area (Å²) in [5, 5.41) is 11.1. The van der Waals surface area contributed by atoms with Crippen LogP contribution in [0.5, 0.6) is 5.75 Å². The van der Waals surface area contributed by atoms with Crippen LogP contribution in [0.15, 0.2) is 52.9 Å². The number of hydrogen-bond acceptors (Lipinski definition) is 7. The van der Waals surface area contributed by atoms with Crippen molar-refractivity contribution in [2.45, 2.75) is 77.4 Å². The number of hydrogen-bond donors (Lipinski definition) is 2. The van der Waals surface area contributed by atoms with Crippen LogP contribution in [-0.4, -0.2) is 83.5 Å². The van der Waals surface area contributed by atoms with Crippen molar-refractivity contribution in [2.24, 2.45) is 28.0 Å². The number of likely N-dealkylation sites (tertiary alicyclic amines) is 1. The van der Waals surface area contributed by atoms with E-state index in [0.29, 0.717) is 45.0 Å². The molecule has 3 aliphatic heterocycles. The zero-order valence-electron chi connectivity index (χ0n) is 30.7. The van der Waals surface area contributed by atoms with E-state index in [2.05, 4.69) is 46.0 Å². The number of benzene rings is 2. The van der Waals surface area contributed by atoms with E-state index >= 15 is 0 Å². The first-order chi connectivity index (χ1) is 24.1. The second kappa shape index (κ2) is 14.7. The zero-order valence-corrected chi connectivity index (χ0v) is 32.3. The first kappa shape index (κ1) is 37.6.